The van der Waals surface area contributed by atoms with Crippen molar-refractivity contribution in [1.29, 1.82) is 0 Å². The summed E-state index contributed by atoms with van der Waals surface area (Å²) in [5.41, 5.74) is 2.79. The summed E-state index contributed by atoms with van der Waals surface area (Å²) < 4.78 is 28.8. The van der Waals surface area contributed by atoms with Crippen LogP contribution in [0.2, 0.25) is 0 Å². The predicted molar refractivity (Wildman–Crippen MR) is 119 cm³/mol. The highest BCUT2D eigenvalue weighted by molar-refractivity contribution is 7.92. The van der Waals surface area contributed by atoms with Gasteiger partial charge in [-0.05, 0) is 61.1 Å². The first-order chi connectivity index (χ1) is 14.8. The highest BCUT2D eigenvalue weighted by Gasteiger charge is 2.47. The summed E-state index contributed by atoms with van der Waals surface area (Å²) in [6.07, 6.45) is 4.29. The van der Waals surface area contributed by atoms with Gasteiger partial charge in [-0.1, -0.05) is 44.0 Å². The lowest BCUT2D eigenvalue weighted by molar-refractivity contribution is -0.140. The molecule has 164 valence electrons. The SMILES string of the molecule is CCc1cccc(NS(=O)(=O)c2cc(CN3C(=O)[C@H]4CCCC[C@H]4C3=O)ccc2C)c1. The van der Waals surface area contributed by atoms with Crippen LogP contribution in [0.15, 0.2) is 47.4 Å². The molecule has 2 aromatic carbocycles. The molecule has 6 nitrogen and oxygen atoms in total. The average molecular weight is 441 g/mol. The third-order valence-electron chi connectivity index (χ3n) is 6.40. The number of carbonyl (C=O) groups excluding carboxylic acids is 2. The van der Waals surface area contributed by atoms with Crippen LogP contribution in [0.1, 0.15) is 49.3 Å². The number of likely N-dealkylation sites (tertiary alicyclic amines) is 1. The van der Waals surface area contributed by atoms with Gasteiger partial charge in [-0.3, -0.25) is 19.2 Å². The van der Waals surface area contributed by atoms with Gasteiger partial charge in [0.1, 0.15) is 0 Å². The normalized spacial score (nSPS) is 21.3. The molecule has 31 heavy (non-hydrogen) atoms. The van der Waals surface area contributed by atoms with Crippen molar-refractivity contribution < 1.29 is 18.0 Å². The second-order valence-corrected chi connectivity index (χ2v) is 10.2. The summed E-state index contributed by atoms with van der Waals surface area (Å²) >= 11 is 0. The molecule has 0 spiro atoms. The Morgan fingerprint density at radius 2 is 1.65 bits per heavy atom. The molecular weight excluding hydrogens is 412 g/mol. The number of anilines is 1. The van der Waals surface area contributed by atoms with Crippen LogP contribution < -0.4 is 4.72 Å². The molecule has 2 aromatic rings. The maximum Gasteiger partial charge on any atom is 0.262 e. The Morgan fingerprint density at radius 1 is 0.968 bits per heavy atom. The number of nitrogens with zero attached hydrogens (tertiary/aromatic N) is 1. The second-order valence-electron chi connectivity index (χ2n) is 8.52. The van der Waals surface area contributed by atoms with E-state index in [9.17, 15) is 18.0 Å². The molecule has 1 N–H and O–H groups in total. The van der Waals surface area contributed by atoms with Gasteiger partial charge in [-0.2, -0.15) is 0 Å². The Morgan fingerprint density at radius 3 is 2.29 bits per heavy atom. The standard InChI is InChI=1S/C24H28N2O4S/c1-3-17-7-6-8-19(13-17)25-31(29,30)22-14-18(12-11-16(22)2)15-26-23(27)20-9-4-5-10-21(20)24(26)28/h6-8,11-14,20-21,25H,3-5,9-10,15H2,1-2H3/t20-,21+. The van der Waals surface area contributed by atoms with E-state index in [-0.39, 0.29) is 35.1 Å². The van der Waals surface area contributed by atoms with Gasteiger partial charge in [-0.15, -0.1) is 0 Å². The molecule has 1 aliphatic heterocycles. The van der Waals surface area contributed by atoms with E-state index in [1.165, 1.54) is 4.90 Å². The van der Waals surface area contributed by atoms with Crippen molar-refractivity contribution in [3.63, 3.8) is 0 Å². The number of aryl methyl sites for hydroxylation is 2. The molecule has 2 fully saturated rings. The minimum Gasteiger partial charge on any atom is -0.280 e. The molecule has 2 aliphatic rings. The molecule has 4 rings (SSSR count). The van der Waals surface area contributed by atoms with Crippen molar-refractivity contribution in [2.24, 2.45) is 11.8 Å². The summed E-state index contributed by atoms with van der Waals surface area (Å²) in [6, 6.07) is 12.4. The minimum absolute atomic E-state index is 0.110. The zero-order chi connectivity index (χ0) is 22.2. The molecule has 1 saturated heterocycles. The Labute approximate surface area is 183 Å². The molecule has 0 bridgehead atoms. The molecule has 1 saturated carbocycles. The highest BCUT2D eigenvalue weighted by Crippen LogP contribution is 2.38. The van der Waals surface area contributed by atoms with E-state index in [2.05, 4.69) is 4.72 Å². The van der Waals surface area contributed by atoms with E-state index in [1.54, 1.807) is 31.2 Å². The van der Waals surface area contributed by atoms with E-state index in [1.807, 2.05) is 25.1 Å². The average Bonchev–Trinajstić information content (AvgIpc) is 3.00. The predicted octanol–water partition coefficient (Wildman–Crippen LogP) is 4.03. The maximum atomic E-state index is 13.1. The Hall–Kier alpha value is -2.67. The Kier molecular flexibility index (Phi) is 5.88. The zero-order valence-corrected chi connectivity index (χ0v) is 18.7. The van der Waals surface area contributed by atoms with Gasteiger partial charge in [0.15, 0.2) is 0 Å². The fourth-order valence-electron chi connectivity index (χ4n) is 4.67. The number of sulfonamides is 1. The van der Waals surface area contributed by atoms with E-state index in [0.717, 1.165) is 37.7 Å². The maximum absolute atomic E-state index is 13.1. The first kappa shape index (κ1) is 21.6. The molecule has 1 aliphatic carbocycles. The van der Waals surface area contributed by atoms with E-state index < -0.39 is 10.0 Å². The fraction of sp³-hybridized carbons (Fsp3) is 0.417. The first-order valence-electron chi connectivity index (χ1n) is 10.9. The van der Waals surface area contributed by atoms with Gasteiger partial charge in [0.25, 0.3) is 10.0 Å². The smallest absolute Gasteiger partial charge is 0.262 e. The van der Waals surface area contributed by atoms with E-state index >= 15 is 0 Å². The van der Waals surface area contributed by atoms with Crippen molar-refractivity contribution in [3.05, 3.63) is 59.2 Å². The summed E-state index contributed by atoms with van der Waals surface area (Å²) in [5, 5.41) is 0. The first-order valence-corrected chi connectivity index (χ1v) is 12.3. The van der Waals surface area contributed by atoms with Gasteiger partial charge in [0.2, 0.25) is 11.8 Å². The number of hydrogen-bond donors (Lipinski definition) is 1. The number of rotatable bonds is 6. The molecule has 0 radical (unpaired) electrons. The number of amides is 2. The summed E-state index contributed by atoms with van der Waals surface area (Å²) in [4.78, 5) is 27.0. The monoisotopic (exact) mass is 440 g/mol. The number of nitrogens with one attached hydrogen (secondary N) is 1. The van der Waals surface area contributed by atoms with E-state index in [4.69, 9.17) is 0 Å². The van der Waals surface area contributed by atoms with Crippen LogP contribution in [0.4, 0.5) is 5.69 Å². The lowest BCUT2D eigenvalue weighted by atomic mass is 9.81. The van der Waals surface area contributed by atoms with Crippen molar-refractivity contribution >= 4 is 27.5 Å². The van der Waals surface area contributed by atoms with Crippen LogP contribution in [-0.4, -0.2) is 25.1 Å². The third-order valence-corrected chi connectivity index (χ3v) is 7.93. The van der Waals surface area contributed by atoms with Crippen molar-refractivity contribution in [1.82, 2.24) is 4.90 Å². The number of carbonyl (C=O) groups is 2. The van der Waals surface area contributed by atoms with Crippen LogP contribution in [0.25, 0.3) is 0 Å². The lowest BCUT2D eigenvalue weighted by Crippen LogP contribution is -2.30. The third kappa shape index (κ3) is 4.24. The number of hydrogen-bond acceptors (Lipinski definition) is 4. The molecule has 2 atom stereocenters. The molecule has 1 heterocycles. The topological polar surface area (TPSA) is 83.6 Å². The Balaban J connectivity index is 1.58. The Bertz CT molecular complexity index is 1100. The van der Waals surface area contributed by atoms with Gasteiger partial charge in [0.05, 0.1) is 23.3 Å². The number of fused-ring (bicyclic) bond motifs is 1. The summed E-state index contributed by atoms with van der Waals surface area (Å²) in [7, 11) is -3.81. The number of benzene rings is 2. The van der Waals surface area contributed by atoms with Crippen LogP contribution in [0, 0.1) is 18.8 Å². The lowest BCUT2D eigenvalue weighted by Gasteiger charge is -2.19. The van der Waals surface area contributed by atoms with Gasteiger partial charge in [0, 0.05) is 5.69 Å². The summed E-state index contributed by atoms with van der Waals surface area (Å²) in [5.74, 6) is -0.645. The van der Waals surface area contributed by atoms with Crippen LogP contribution in [0.3, 0.4) is 0 Å². The largest absolute Gasteiger partial charge is 0.280 e. The van der Waals surface area contributed by atoms with Gasteiger partial charge >= 0.3 is 0 Å². The van der Waals surface area contributed by atoms with E-state index in [0.29, 0.717) is 16.8 Å². The van der Waals surface area contributed by atoms with Crippen molar-refractivity contribution in [2.45, 2.75) is 57.4 Å². The van der Waals surface area contributed by atoms with Crippen molar-refractivity contribution in [3.8, 4) is 0 Å². The second kappa shape index (κ2) is 8.46. The molecule has 2 amide bonds. The molecular formula is C24H28N2O4S. The summed E-state index contributed by atoms with van der Waals surface area (Å²) in [6.45, 7) is 3.86. The van der Waals surface area contributed by atoms with Crippen LogP contribution >= 0.6 is 0 Å². The van der Waals surface area contributed by atoms with Crippen molar-refractivity contribution in [2.75, 3.05) is 4.72 Å². The molecule has 7 heteroatoms. The van der Waals surface area contributed by atoms with Gasteiger partial charge in [-0.25, -0.2) is 8.42 Å². The fourth-order valence-corrected chi connectivity index (χ4v) is 6.01. The van der Waals surface area contributed by atoms with Crippen LogP contribution in [0.5, 0.6) is 0 Å². The quantitative estimate of drug-likeness (QED) is 0.688. The zero-order valence-electron chi connectivity index (χ0n) is 17.9. The van der Waals surface area contributed by atoms with Gasteiger partial charge < -0.3 is 0 Å². The highest BCUT2D eigenvalue weighted by atomic mass is 32.2. The number of imide groups is 1. The van der Waals surface area contributed by atoms with Crippen LogP contribution in [-0.2, 0) is 32.6 Å². The minimum atomic E-state index is -3.81. The molecule has 0 aromatic heterocycles. The molecule has 0 unspecified atom stereocenters.